The number of ether oxygens (including phenoxy) is 1. The highest BCUT2D eigenvalue weighted by atomic mass is 16.5. The van der Waals surface area contributed by atoms with Crippen LogP contribution in [0.5, 0.6) is 0 Å². The number of esters is 1. The Kier molecular flexibility index (Phi) is 5.10. The molecule has 1 saturated carbocycles. The van der Waals surface area contributed by atoms with Crippen molar-refractivity contribution < 1.29 is 9.53 Å². The number of aryl methyl sites for hydroxylation is 1. The number of hydrogen-bond acceptors (Lipinski definition) is 4. The van der Waals surface area contributed by atoms with Gasteiger partial charge in [-0.2, -0.15) is 0 Å². The van der Waals surface area contributed by atoms with Crippen LogP contribution in [0.3, 0.4) is 0 Å². The lowest BCUT2D eigenvalue weighted by Gasteiger charge is -2.36. The molecule has 1 aliphatic rings. The number of anilines is 2. The van der Waals surface area contributed by atoms with Gasteiger partial charge in [0.2, 0.25) is 0 Å². The molecule has 0 unspecified atom stereocenters. The van der Waals surface area contributed by atoms with Crippen molar-refractivity contribution in [3.8, 4) is 0 Å². The Labute approximate surface area is 127 Å². The molecule has 1 fully saturated rings. The molecule has 4 nitrogen and oxygen atoms in total. The Morgan fingerprint density at radius 1 is 1.33 bits per heavy atom. The summed E-state index contributed by atoms with van der Waals surface area (Å²) in [5.74, 6) is -0.364. The maximum Gasteiger partial charge on any atom is 0.340 e. The third-order valence-electron chi connectivity index (χ3n) is 4.46. The number of carbonyl (C=O) groups is 1. The molecule has 0 amide bonds. The molecule has 0 aromatic heterocycles. The highest BCUT2D eigenvalue weighted by molar-refractivity contribution is 5.97. The Hall–Kier alpha value is -1.71. The fourth-order valence-corrected chi connectivity index (χ4v) is 3.27. The Balaban J connectivity index is 2.36. The highest BCUT2D eigenvalue weighted by Gasteiger charge is 2.22. The monoisotopic (exact) mass is 290 g/mol. The predicted molar refractivity (Wildman–Crippen MR) is 86.8 cm³/mol. The van der Waals surface area contributed by atoms with Crippen molar-refractivity contribution in [2.24, 2.45) is 0 Å². The maximum atomic E-state index is 11.9. The predicted octanol–water partition coefficient (Wildman–Crippen LogP) is 3.52. The molecule has 1 aromatic rings. The smallest absolute Gasteiger partial charge is 0.340 e. The van der Waals surface area contributed by atoms with Gasteiger partial charge in [0, 0.05) is 24.0 Å². The van der Waals surface area contributed by atoms with Crippen LogP contribution >= 0.6 is 0 Å². The lowest BCUT2D eigenvalue weighted by atomic mass is 9.93. The molecule has 0 saturated heterocycles. The highest BCUT2D eigenvalue weighted by Crippen LogP contribution is 2.31. The topological polar surface area (TPSA) is 55.6 Å². The van der Waals surface area contributed by atoms with Crippen molar-refractivity contribution in [2.75, 3.05) is 24.3 Å². The molecule has 21 heavy (non-hydrogen) atoms. The van der Waals surface area contributed by atoms with Gasteiger partial charge in [0.1, 0.15) is 0 Å². The molecule has 0 radical (unpaired) electrons. The van der Waals surface area contributed by atoms with Gasteiger partial charge in [-0.15, -0.1) is 0 Å². The number of hydrogen-bond donors (Lipinski definition) is 1. The number of nitrogen functional groups attached to an aromatic ring is 1. The molecule has 0 heterocycles. The Morgan fingerprint density at radius 2 is 2.00 bits per heavy atom. The molecule has 0 aliphatic heterocycles. The van der Waals surface area contributed by atoms with Gasteiger partial charge in [0.05, 0.1) is 12.7 Å². The Morgan fingerprint density at radius 3 is 2.57 bits per heavy atom. The largest absolute Gasteiger partial charge is 0.465 e. The molecule has 4 heteroatoms. The minimum atomic E-state index is -0.364. The van der Waals surface area contributed by atoms with Gasteiger partial charge in [-0.05, 0) is 44.4 Å². The molecular weight excluding hydrogens is 264 g/mol. The van der Waals surface area contributed by atoms with Gasteiger partial charge >= 0.3 is 5.97 Å². The van der Waals surface area contributed by atoms with E-state index in [9.17, 15) is 4.79 Å². The average molecular weight is 290 g/mol. The van der Waals surface area contributed by atoms with E-state index in [0.29, 0.717) is 17.3 Å². The molecule has 0 atom stereocenters. The van der Waals surface area contributed by atoms with Crippen LogP contribution in [0.2, 0.25) is 0 Å². The quantitative estimate of drug-likeness (QED) is 0.681. The first kappa shape index (κ1) is 15.7. The summed E-state index contributed by atoms with van der Waals surface area (Å²) >= 11 is 0. The minimum absolute atomic E-state index is 0.364. The second kappa shape index (κ2) is 6.83. The summed E-state index contributed by atoms with van der Waals surface area (Å²) in [6, 6.07) is 4.53. The second-order valence-corrected chi connectivity index (χ2v) is 5.79. The van der Waals surface area contributed by atoms with E-state index in [2.05, 4.69) is 17.9 Å². The number of rotatable bonds is 4. The minimum Gasteiger partial charge on any atom is -0.465 e. The molecule has 1 aliphatic carbocycles. The molecule has 2 N–H and O–H groups in total. The van der Waals surface area contributed by atoms with E-state index in [1.807, 2.05) is 13.0 Å². The summed E-state index contributed by atoms with van der Waals surface area (Å²) in [4.78, 5) is 14.3. The lowest BCUT2D eigenvalue weighted by molar-refractivity contribution is 0.0602. The summed E-state index contributed by atoms with van der Waals surface area (Å²) in [5.41, 5.74) is 9.03. The fourth-order valence-electron chi connectivity index (χ4n) is 3.27. The molecule has 2 rings (SSSR count). The zero-order valence-corrected chi connectivity index (χ0v) is 13.3. The molecule has 0 bridgehead atoms. The summed E-state index contributed by atoms with van der Waals surface area (Å²) in [5, 5.41) is 0. The lowest BCUT2D eigenvalue weighted by Crippen LogP contribution is -2.36. The van der Waals surface area contributed by atoms with E-state index < -0.39 is 0 Å². The van der Waals surface area contributed by atoms with Gasteiger partial charge in [-0.25, -0.2) is 4.79 Å². The van der Waals surface area contributed by atoms with E-state index in [0.717, 1.165) is 17.8 Å². The van der Waals surface area contributed by atoms with Crippen molar-refractivity contribution in [2.45, 2.75) is 52.0 Å². The maximum absolute atomic E-state index is 11.9. The zero-order chi connectivity index (χ0) is 15.4. The van der Waals surface area contributed by atoms with Crippen molar-refractivity contribution >= 4 is 17.3 Å². The summed E-state index contributed by atoms with van der Waals surface area (Å²) in [7, 11) is 1.39. The fraction of sp³-hybridized carbons (Fsp3) is 0.588. The van der Waals surface area contributed by atoms with Crippen LogP contribution in [0, 0.1) is 6.92 Å². The van der Waals surface area contributed by atoms with E-state index in [1.165, 1.54) is 39.2 Å². The Bertz CT molecular complexity index is 508. The first-order chi connectivity index (χ1) is 10.1. The van der Waals surface area contributed by atoms with Crippen LogP contribution in [-0.4, -0.2) is 25.7 Å². The first-order valence-corrected chi connectivity index (χ1v) is 7.83. The van der Waals surface area contributed by atoms with E-state index >= 15 is 0 Å². The summed E-state index contributed by atoms with van der Waals surface area (Å²) < 4.78 is 4.85. The van der Waals surface area contributed by atoms with Crippen LogP contribution in [0.25, 0.3) is 0 Å². The van der Waals surface area contributed by atoms with Crippen LogP contribution in [0.1, 0.15) is 54.9 Å². The van der Waals surface area contributed by atoms with Crippen LogP contribution in [0.15, 0.2) is 12.1 Å². The van der Waals surface area contributed by atoms with E-state index in [1.54, 1.807) is 0 Å². The van der Waals surface area contributed by atoms with Crippen LogP contribution < -0.4 is 10.6 Å². The normalized spacial score (nSPS) is 15.8. The van der Waals surface area contributed by atoms with Crippen molar-refractivity contribution in [1.82, 2.24) is 0 Å². The van der Waals surface area contributed by atoms with Gasteiger partial charge in [0.15, 0.2) is 0 Å². The molecule has 0 spiro atoms. The SMILES string of the molecule is CCN(c1cc(C)c(N)c(C(=O)OC)c1)C1CCCCC1. The van der Waals surface area contributed by atoms with Gasteiger partial charge in [0.25, 0.3) is 0 Å². The standard InChI is InChI=1S/C17H26N2O2/c1-4-19(13-8-6-5-7-9-13)14-10-12(2)16(18)15(11-14)17(20)21-3/h10-11,13H,4-9,18H2,1-3H3. The number of carbonyl (C=O) groups excluding carboxylic acids is 1. The van der Waals surface area contributed by atoms with E-state index in [4.69, 9.17) is 10.5 Å². The van der Waals surface area contributed by atoms with Crippen molar-refractivity contribution in [3.05, 3.63) is 23.3 Å². The molecular formula is C17H26N2O2. The van der Waals surface area contributed by atoms with Crippen LogP contribution in [-0.2, 0) is 4.74 Å². The second-order valence-electron chi connectivity index (χ2n) is 5.79. The number of methoxy groups -OCH3 is 1. The summed E-state index contributed by atoms with van der Waals surface area (Å²) in [6.07, 6.45) is 6.37. The third kappa shape index (κ3) is 3.31. The van der Waals surface area contributed by atoms with E-state index in [-0.39, 0.29) is 5.97 Å². The average Bonchev–Trinajstić information content (AvgIpc) is 2.51. The number of nitrogens with zero attached hydrogens (tertiary/aromatic N) is 1. The van der Waals surface area contributed by atoms with Gasteiger partial charge in [-0.1, -0.05) is 19.3 Å². The molecule has 1 aromatic carbocycles. The van der Waals surface area contributed by atoms with Crippen molar-refractivity contribution in [3.63, 3.8) is 0 Å². The number of nitrogens with two attached hydrogens (primary N) is 1. The zero-order valence-electron chi connectivity index (χ0n) is 13.3. The summed E-state index contributed by atoms with van der Waals surface area (Å²) in [6.45, 7) is 5.05. The van der Waals surface area contributed by atoms with Crippen molar-refractivity contribution in [1.29, 1.82) is 0 Å². The first-order valence-electron chi connectivity index (χ1n) is 7.83. The third-order valence-corrected chi connectivity index (χ3v) is 4.46. The molecule has 116 valence electrons. The van der Waals surface area contributed by atoms with Gasteiger partial charge < -0.3 is 15.4 Å². The van der Waals surface area contributed by atoms with Gasteiger partial charge in [-0.3, -0.25) is 0 Å². The number of benzene rings is 1. The van der Waals surface area contributed by atoms with Crippen LogP contribution in [0.4, 0.5) is 11.4 Å².